The number of nitrogens with two attached hydrogens (primary N) is 1. The predicted octanol–water partition coefficient (Wildman–Crippen LogP) is 0.809. The van der Waals surface area contributed by atoms with Crippen molar-refractivity contribution >= 4 is 6.09 Å². The first-order valence-corrected chi connectivity index (χ1v) is 5.96. The van der Waals surface area contributed by atoms with Crippen molar-refractivity contribution in [1.29, 1.82) is 0 Å². The molecule has 1 spiro atoms. The van der Waals surface area contributed by atoms with Crippen molar-refractivity contribution in [3.63, 3.8) is 0 Å². The number of amides is 1. The molecule has 1 saturated carbocycles. The maximum absolute atomic E-state index is 11.7. The van der Waals surface area contributed by atoms with Crippen LogP contribution in [-0.2, 0) is 4.74 Å². The molecular formula is C11H20N2O3. The Kier molecular flexibility index (Phi) is 2.84. The van der Waals surface area contributed by atoms with Gasteiger partial charge in [0.05, 0.1) is 0 Å². The highest BCUT2D eigenvalue weighted by molar-refractivity contribution is 5.72. The molecule has 2 fully saturated rings. The summed E-state index contributed by atoms with van der Waals surface area (Å²) in [6, 6.07) is 0. The molecule has 1 aliphatic carbocycles. The Labute approximate surface area is 95.5 Å². The molecule has 2 rings (SSSR count). The summed E-state index contributed by atoms with van der Waals surface area (Å²) in [6.45, 7) is 2.34. The van der Waals surface area contributed by atoms with Crippen molar-refractivity contribution in [2.24, 2.45) is 5.73 Å². The summed E-state index contributed by atoms with van der Waals surface area (Å²) in [7, 11) is 0. The number of aliphatic hydroxyl groups is 1. The van der Waals surface area contributed by atoms with E-state index in [4.69, 9.17) is 10.5 Å². The Morgan fingerprint density at radius 3 is 2.62 bits per heavy atom. The molecule has 2 aliphatic rings. The topological polar surface area (TPSA) is 75.8 Å². The standard InChI is InChI=1S/C11H20N2O3/c1-10(15)11(5-3-2-4-6-11)16-9(14)13(10)8-7-12/h15H,2-8,12H2,1H3/t10-/m0/s1. The van der Waals surface area contributed by atoms with Crippen molar-refractivity contribution in [3.8, 4) is 0 Å². The molecule has 0 aromatic rings. The van der Waals surface area contributed by atoms with Crippen molar-refractivity contribution in [3.05, 3.63) is 0 Å². The second kappa shape index (κ2) is 3.89. The molecule has 0 aromatic heterocycles. The molecule has 1 atom stereocenters. The Hall–Kier alpha value is -0.810. The number of carbonyl (C=O) groups is 1. The molecule has 0 bridgehead atoms. The fourth-order valence-corrected chi connectivity index (χ4v) is 2.88. The number of nitrogens with zero attached hydrogens (tertiary/aromatic N) is 1. The van der Waals surface area contributed by atoms with Gasteiger partial charge >= 0.3 is 6.09 Å². The fraction of sp³-hybridized carbons (Fsp3) is 0.909. The van der Waals surface area contributed by atoms with Crippen molar-refractivity contribution in [1.82, 2.24) is 4.90 Å². The molecule has 16 heavy (non-hydrogen) atoms. The third-order valence-electron chi connectivity index (χ3n) is 3.91. The van der Waals surface area contributed by atoms with Gasteiger partial charge in [-0.05, 0) is 32.6 Å². The minimum Gasteiger partial charge on any atom is -0.438 e. The van der Waals surface area contributed by atoms with Crippen LogP contribution in [0.4, 0.5) is 4.79 Å². The Morgan fingerprint density at radius 2 is 2.06 bits per heavy atom. The third-order valence-corrected chi connectivity index (χ3v) is 3.91. The summed E-state index contributed by atoms with van der Waals surface area (Å²) in [4.78, 5) is 13.1. The van der Waals surface area contributed by atoms with Crippen molar-refractivity contribution in [2.45, 2.75) is 50.4 Å². The van der Waals surface area contributed by atoms with E-state index in [1.54, 1.807) is 6.92 Å². The maximum atomic E-state index is 11.7. The van der Waals surface area contributed by atoms with E-state index in [9.17, 15) is 9.90 Å². The van der Waals surface area contributed by atoms with E-state index in [2.05, 4.69) is 0 Å². The lowest BCUT2D eigenvalue weighted by Gasteiger charge is -2.42. The number of hydrogen-bond donors (Lipinski definition) is 2. The first-order valence-electron chi connectivity index (χ1n) is 5.96. The quantitative estimate of drug-likeness (QED) is 0.733. The highest BCUT2D eigenvalue weighted by Gasteiger charge is 2.61. The summed E-state index contributed by atoms with van der Waals surface area (Å²) in [5, 5.41) is 10.6. The van der Waals surface area contributed by atoms with Crippen LogP contribution in [0.5, 0.6) is 0 Å². The monoisotopic (exact) mass is 228 g/mol. The third kappa shape index (κ3) is 1.50. The molecular weight excluding hydrogens is 208 g/mol. The number of carbonyl (C=O) groups excluding carboxylic acids is 1. The van der Waals surface area contributed by atoms with Crippen LogP contribution in [0.2, 0.25) is 0 Å². The normalized spacial score (nSPS) is 33.2. The second-order valence-electron chi connectivity index (χ2n) is 4.88. The minimum absolute atomic E-state index is 0.335. The zero-order chi connectivity index (χ0) is 11.8. The summed E-state index contributed by atoms with van der Waals surface area (Å²) < 4.78 is 5.45. The van der Waals surface area contributed by atoms with Crippen LogP contribution in [0.15, 0.2) is 0 Å². The highest BCUT2D eigenvalue weighted by atomic mass is 16.6. The molecule has 1 saturated heterocycles. The zero-order valence-corrected chi connectivity index (χ0v) is 9.74. The minimum atomic E-state index is -1.22. The van der Waals surface area contributed by atoms with Crippen LogP contribution >= 0.6 is 0 Å². The fourth-order valence-electron chi connectivity index (χ4n) is 2.88. The van der Waals surface area contributed by atoms with E-state index in [0.29, 0.717) is 13.1 Å². The molecule has 5 heteroatoms. The average Bonchev–Trinajstić information content (AvgIpc) is 2.41. The second-order valence-corrected chi connectivity index (χ2v) is 4.88. The van der Waals surface area contributed by atoms with Crippen LogP contribution in [0, 0.1) is 0 Å². The van der Waals surface area contributed by atoms with Crippen LogP contribution < -0.4 is 5.73 Å². The smallest absolute Gasteiger partial charge is 0.412 e. The average molecular weight is 228 g/mol. The molecule has 1 amide bonds. The van der Waals surface area contributed by atoms with Crippen LogP contribution in [0.1, 0.15) is 39.0 Å². The maximum Gasteiger partial charge on any atom is 0.412 e. The molecule has 3 N–H and O–H groups in total. The lowest BCUT2D eigenvalue weighted by molar-refractivity contribution is -0.158. The Bertz CT molecular complexity index is 285. The van der Waals surface area contributed by atoms with E-state index in [1.165, 1.54) is 4.90 Å². The predicted molar refractivity (Wildman–Crippen MR) is 58.7 cm³/mol. The van der Waals surface area contributed by atoms with E-state index in [-0.39, 0.29) is 0 Å². The number of hydrogen-bond acceptors (Lipinski definition) is 4. The first-order chi connectivity index (χ1) is 7.53. The van der Waals surface area contributed by atoms with E-state index < -0.39 is 17.4 Å². The summed E-state index contributed by atoms with van der Waals surface area (Å²) in [5.74, 6) is 0. The van der Waals surface area contributed by atoms with Gasteiger partial charge in [-0.1, -0.05) is 6.42 Å². The molecule has 0 unspecified atom stereocenters. The lowest BCUT2D eigenvalue weighted by atomic mass is 9.77. The van der Waals surface area contributed by atoms with Crippen molar-refractivity contribution in [2.75, 3.05) is 13.1 Å². The summed E-state index contributed by atoms with van der Waals surface area (Å²) >= 11 is 0. The van der Waals surface area contributed by atoms with Crippen molar-refractivity contribution < 1.29 is 14.6 Å². The van der Waals surface area contributed by atoms with Crippen LogP contribution in [-0.4, -0.2) is 40.5 Å². The van der Waals surface area contributed by atoms with E-state index in [0.717, 1.165) is 32.1 Å². The molecule has 0 radical (unpaired) electrons. The SMILES string of the molecule is C[C@@]1(O)N(CCN)C(=O)OC12CCCCC2. The molecule has 0 aromatic carbocycles. The van der Waals surface area contributed by atoms with Gasteiger partial charge in [0, 0.05) is 13.1 Å². The van der Waals surface area contributed by atoms with Gasteiger partial charge < -0.3 is 15.6 Å². The van der Waals surface area contributed by atoms with Crippen LogP contribution in [0.3, 0.4) is 0 Å². The zero-order valence-electron chi connectivity index (χ0n) is 9.74. The Morgan fingerprint density at radius 1 is 1.44 bits per heavy atom. The largest absolute Gasteiger partial charge is 0.438 e. The highest BCUT2D eigenvalue weighted by Crippen LogP contribution is 2.46. The molecule has 1 aliphatic heterocycles. The first kappa shape index (κ1) is 11.7. The van der Waals surface area contributed by atoms with E-state index >= 15 is 0 Å². The molecule has 92 valence electrons. The van der Waals surface area contributed by atoms with Gasteiger partial charge in [-0.2, -0.15) is 0 Å². The lowest BCUT2D eigenvalue weighted by Crippen LogP contribution is -2.58. The number of ether oxygens (including phenoxy) is 1. The molecule has 1 heterocycles. The number of rotatable bonds is 2. The van der Waals surface area contributed by atoms with Gasteiger partial charge in [0.15, 0.2) is 11.3 Å². The van der Waals surface area contributed by atoms with Crippen LogP contribution in [0.25, 0.3) is 0 Å². The molecule has 5 nitrogen and oxygen atoms in total. The summed E-state index contributed by atoms with van der Waals surface area (Å²) in [5.41, 5.74) is 3.52. The van der Waals surface area contributed by atoms with Gasteiger partial charge in [0.25, 0.3) is 0 Å². The summed E-state index contributed by atoms with van der Waals surface area (Å²) in [6.07, 6.45) is 4.20. The van der Waals surface area contributed by atoms with Gasteiger partial charge in [-0.15, -0.1) is 0 Å². The van der Waals surface area contributed by atoms with Gasteiger partial charge in [0.1, 0.15) is 0 Å². The Balaban J connectivity index is 2.25. The van der Waals surface area contributed by atoms with Gasteiger partial charge in [-0.25, -0.2) is 4.79 Å². The van der Waals surface area contributed by atoms with Gasteiger partial charge in [0.2, 0.25) is 0 Å². The van der Waals surface area contributed by atoms with Gasteiger partial charge in [-0.3, -0.25) is 4.90 Å². The van der Waals surface area contributed by atoms with E-state index in [1.807, 2.05) is 0 Å².